The van der Waals surface area contributed by atoms with Gasteiger partial charge in [-0.1, -0.05) is 23.7 Å². The van der Waals surface area contributed by atoms with Gasteiger partial charge in [-0.05, 0) is 47.8 Å². The lowest BCUT2D eigenvalue weighted by atomic mass is 10.1. The molecule has 114 valence electrons. The number of halogens is 2. The van der Waals surface area contributed by atoms with Crippen LogP contribution in [0.3, 0.4) is 0 Å². The van der Waals surface area contributed by atoms with Crippen molar-refractivity contribution in [2.45, 2.75) is 32.9 Å². The molecule has 0 aliphatic carbocycles. The van der Waals surface area contributed by atoms with E-state index < -0.39 is 0 Å². The third kappa shape index (κ3) is 3.78. The number of rotatable bonds is 5. The molecule has 0 radical (unpaired) electrons. The number of nitrogens with zero attached hydrogens (tertiary/aromatic N) is 2. The lowest BCUT2D eigenvalue weighted by Gasteiger charge is -2.14. The molecule has 0 aliphatic heterocycles. The standard InChI is InChI=1S/C15H19BrClN3O/c1-9(18)7-11-5-4-6-13(16)14(11)21-8-12-10(2)19-20(3)15(12)17/h4-6,9H,7-8,18H2,1-3H3. The Bertz CT molecular complexity index is 640. The van der Waals surface area contributed by atoms with E-state index in [0.29, 0.717) is 11.8 Å². The minimum atomic E-state index is 0.0744. The Labute approximate surface area is 138 Å². The van der Waals surface area contributed by atoms with Crippen LogP contribution in [0.15, 0.2) is 22.7 Å². The number of aromatic nitrogens is 2. The van der Waals surface area contributed by atoms with Crippen molar-refractivity contribution in [2.75, 3.05) is 0 Å². The van der Waals surface area contributed by atoms with Crippen molar-refractivity contribution >= 4 is 27.5 Å². The van der Waals surface area contributed by atoms with Crippen LogP contribution >= 0.6 is 27.5 Å². The number of benzene rings is 1. The van der Waals surface area contributed by atoms with E-state index in [0.717, 1.165) is 33.5 Å². The van der Waals surface area contributed by atoms with E-state index in [9.17, 15) is 0 Å². The molecule has 2 N–H and O–H groups in total. The van der Waals surface area contributed by atoms with Crippen molar-refractivity contribution in [3.05, 3.63) is 44.6 Å². The van der Waals surface area contributed by atoms with E-state index in [4.69, 9.17) is 22.1 Å². The quantitative estimate of drug-likeness (QED) is 0.872. The highest BCUT2D eigenvalue weighted by molar-refractivity contribution is 9.10. The lowest BCUT2D eigenvalue weighted by Crippen LogP contribution is -2.18. The van der Waals surface area contributed by atoms with Crippen molar-refractivity contribution in [2.24, 2.45) is 12.8 Å². The highest BCUT2D eigenvalue weighted by atomic mass is 79.9. The minimum absolute atomic E-state index is 0.0744. The molecule has 4 nitrogen and oxygen atoms in total. The van der Waals surface area contributed by atoms with Crippen LogP contribution < -0.4 is 10.5 Å². The highest BCUT2D eigenvalue weighted by Crippen LogP contribution is 2.31. The van der Waals surface area contributed by atoms with E-state index in [1.807, 2.05) is 39.1 Å². The molecular weight excluding hydrogens is 354 g/mol. The highest BCUT2D eigenvalue weighted by Gasteiger charge is 2.15. The molecule has 0 spiro atoms. The van der Waals surface area contributed by atoms with Gasteiger partial charge in [-0.3, -0.25) is 4.68 Å². The van der Waals surface area contributed by atoms with Gasteiger partial charge in [0.15, 0.2) is 0 Å². The maximum Gasteiger partial charge on any atom is 0.137 e. The van der Waals surface area contributed by atoms with Gasteiger partial charge in [-0.15, -0.1) is 0 Å². The van der Waals surface area contributed by atoms with Gasteiger partial charge in [-0.2, -0.15) is 5.10 Å². The van der Waals surface area contributed by atoms with E-state index in [-0.39, 0.29) is 6.04 Å². The monoisotopic (exact) mass is 371 g/mol. The molecule has 0 amide bonds. The topological polar surface area (TPSA) is 53.1 Å². The van der Waals surface area contributed by atoms with Crippen LogP contribution in [0, 0.1) is 6.92 Å². The summed E-state index contributed by atoms with van der Waals surface area (Å²) in [5, 5.41) is 4.89. The first-order chi connectivity index (χ1) is 9.90. The average Bonchev–Trinajstić information content (AvgIpc) is 2.63. The Kier molecular flexibility index (Phi) is 5.30. The Morgan fingerprint density at radius 2 is 2.19 bits per heavy atom. The molecule has 1 heterocycles. The van der Waals surface area contributed by atoms with Gasteiger partial charge in [0.2, 0.25) is 0 Å². The van der Waals surface area contributed by atoms with Crippen molar-refractivity contribution in [3.8, 4) is 5.75 Å². The summed E-state index contributed by atoms with van der Waals surface area (Å²) >= 11 is 9.77. The second-order valence-corrected chi connectivity index (χ2v) is 6.39. The first-order valence-electron chi connectivity index (χ1n) is 6.74. The van der Waals surface area contributed by atoms with Gasteiger partial charge in [0.05, 0.1) is 10.2 Å². The molecular formula is C15H19BrClN3O. The van der Waals surface area contributed by atoms with E-state index in [2.05, 4.69) is 21.0 Å². The van der Waals surface area contributed by atoms with Gasteiger partial charge in [0.25, 0.3) is 0 Å². The summed E-state index contributed by atoms with van der Waals surface area (Å²) in [5.74, 6) is 0.814. The van der Waals surface area contributed by atoms with Crippen molar-refractivity contribution < 1.29 is 4.74 Å². The van der Waals surface area contributed by atoms with E-state index in [1.165, 1.54) is 0 Å². The maximum absolute atomic E-state index is 6.23. The van der Waals surface area contributed by atoms with Gasteiger partial charge in [-0.25, -0.2) is 0 Å². The molecule has 1 aromatic heterocycles. The van der Waals surface area contributed by atoms with Crippen LogP contribution in [0.1, 0.15) is 23.7 Å². The summed E-state index contributed by atoms with van der Waals surface area (Å²) in [6, 6.07) is 6.04. The number of ether oxygens (including phenoxy) is 1. The van der Waals surface area contributed by atoms with Gasteiger partial charge >= 0.3 is 0 Å². The average molecular weight is 373 g/mol. The molecule has 0 saturated carbocycles. The number of hydrogen-bond acceptors (Lipinski definition) is 3. The molecule has 2 aromatic rings. The fourth-order valence-electron chi connectivity index (χ4n) is 2.20. The number of nitrogens with two attached hydrogens (primary N) is 1. The number of hydrogen-bond donors (Lipinski definition) is 1. The zero-order valence-corrected chi connectivity index (χ0v) is 14.7. The van der Waals surface area contributed by atoms with Crippen molar-refractivity contribution in [3.63, 3.8) is 0 Å². The summed E-state index contributed by atoms with van der Waals surface area (Å²) in [7, 11) is 1.82. The molecule has 21 heavy (non-hydrogen) atoms. The van der Waals surface area contributed by atoms with Crippen LogP contribution in [0.4, 0.5) is 0 Å². The number of para-hydroxylation sites is 1. The first kappa shape index (κ1) is 16.3. The van der Waals surface area contributed by atoms with Crippen LogP contribution in [-0.2, 0) is 20.1 Å². The summed E-state index contributed by atoms with van der Waals surface area (Å²) in [6.07, 6.45) is 0.758. The van der Waals surface area contributed by atoms with Crippen LogP contribution in [-0.4, -0.2) is 15.8 Å². The SMILES string of the molecule is Cc1nn(C)c(Cl)c1COc1c(Br)cccc1CC(C)N. The van der Waals surface area contributed by atoms with Crippen LogP contribution in [0.5, 0.6) is 5.75 Å². The Hall–Kier alpha value is -1.04. The van der Waals surface area contributed by atoms with E-state index >= 15 is 0 Å². The molecule has 1 unspecified atom stereocenters. The second kappa shape index (κ2) is 6.81. The molecule has 0 saturated heterocycles. The molecule has 0 bridgehead atoms. The first-order valence-corrected chi connectivity index (χ1v) is 7.91. The largest absolute Gasteiger partial charge is 0.487 e. The summed E-state index contributed by atoms with van der Waals surface area (Å²) in [6.45, 7) is 4.29. The Morgan fingerprint density at radius 1 is 1.48 bits per heavy atom. The summed E-state index contributed by atoms with van der Waals surface area (Å²) in [5.41, 5.74) is 8.76. The summed E-state index contributed by atoms with van der Waals surface area (Å²) < 4.78 is 8.56. The molecule has 0 aliphatic rings. The zero-order valence-electron chi connectivity index (χ0n) is 12.4. The number of aryl methyl sites for hydroxylation is 2. The molecule has 1 aromatic carbocycles. The molecule has 6 heteroatoms. The normalized spacial score (nSPS) is 12.5. The smallest absolute Gasteiger partial charge is 0.137 e. The Balaban J connectivity index is 2.23. The molecule has 1 atom stereocenters. The summed E-state index contributed by atoms with van der Waals surface area (Å²) in [4.78, 5) is 0. The zero-order chi connectivity index (χ0) is 15.6. The van der Waals surface area contributed by atoms with E-state index in [1.54, 1.807) is 4.68 Å². The van der Waals surface area contributed by atoms with Crippen LogP contribution in [0.25, 0.3) is 0 Å². The van der Waals surface area contributed by atoms with Crippen LogP contribution in [0.2, 0.25) is 5.15 Å². The molecule has 2 rings (SSSR count). The predicted molar refractivity (Wildman–Crippen MR) is 88.8 cm³/mol. The predicted octanol–water partition coefficient (Wildman–Crippen LogP) is 3.61. The molecule has 0 fully saturated rings. The maximum atomic E-state index is 6.23. The Morgan fingerprint density at radius 3 is 2.76 bits per heavy atom. The second-order valence-electron chi connectivity index (χ2n) is 5.18. The third-order valence-electron chi connectivity index (χ3n) is 3.22. The fraction of sp³-hybridized carbons (Fsp3) is 0.400. The third-order valence-corrected chi connectivity index (χ3v) is 4.32. The fourth-order valence-corrected chi connectivity index (χ4v) is 2.96. The van der Waals surface area contributed by atoms with Gasteiger partial charge < -0.3 is 10.5 Å². The lowest BCUT2D eigenvalue weighted by molar-refractivity contribution is 0.299. The van der Waals surface area contributed by atoms with Crippen molar-refractivity contribution in [1.82, 2.24) is 9.78 Å². The van der Waals surface area contributed by atoms with Gasteiger partial charge in [0, 0.05) is 18.7 Å². The van der Waals surface area contributed by atoms with Gasteiger partial charge in [0.1, 0.15) is 17.5 Å². The minimum Gasteiger partial charge on any atom is -0.487 e. The van der Waals surface area contributed by atoms with Crippen molar-refractivity contribution in [1.29, 1.82) is 0 Å².